The normalized spacial score (nSPS) is 16.9. The molecule has 1 aromatic rings. The lowest BCUT2D eigenvalue weighted by Crippen LogP contribution is -2.39. The van der Waals surface area contributed by atoms with Gasteiger partial charge in [-0.2, -0.15) is 0 Å². The fourth-order valence-corrected chi connectivity index (χ4v) is 3.20. The molecule has 1 saturated heterocycles. The largest absolute Gasteiger partial charge is 0.339 e. The summed E-state index contributed by atoms with van der Waals surface area (Å²) in [5.74, 6) is 0.845. The van der Waals surface area contributed by atoms with Crippen molar-refractivity contribution in [3.05, 3.63) is 34.3 Å². The van der Waals surface area contributed by atoms with Gasteiger partial charge < -0.3 is 4.90 Å². The van der Waals surface area contributed by atoms with E-state index in [1.165, 1.54) is 0 Å². The van der Waals surface area contributed by atoms with Gasteiger partial charge in [-0.05, 0) is 49.4 Å². The Balaban J connectivity index is 2.08. The number of hydrogen-bond acceptors (Lipinski definition) is 1. The molecule has 4 heteroatoms. The molecule has 0 saturated carbocycles. The fourth-order valence-electron chi connectivity index (χ4n) is 2.33. The molecule has 2 rings (SSSR count). The van der Waals surface area contributed by atoms with E-state index in [0.29, 0.717) is 10.9 Å². The number of rotatable bonds is 2. The molecular weight excluding hydrogens is 314 g/mol. The third kappa shape index (κ3) is 3.07. The van der Waals surface area contributed by atoms with Crippen LogP contribution in [-0.2, 0) is 0 Å². The summed E-state index contributed by atoms with van der Waals surface area (Å²) < 4.78 is 0. The molecule has 1 heterocycles. The quantitative estimate of drug-likeness (QED) is 0.753. The van der Waals surface area contributed by atoms with Crippen molar-refractivity contribution in [1.82, 2.24) is 4.90 Å². The minimum Gasteiger partial charge on any atom is -0.339 e. The van der Waals surface area contributed by atoms with Gasteiger partial charge in [-0.25, -0.2) is 0 Å². The molecule has 0 unspecified atom stereocenters. The van der Waals surface area contributed by atoms with Gasteiger partial charge in [0.15, 0.2) is 0 Å². The van der Waals surface area contributed by atoms with Crippen molar-refractivity contribution >= 4 is 33.4 Å². The third-order valence-corrected chi connectivity index (χ3v) is 4.69. The molecule has 0 bridgehead atoms. The monoisotopic (exact) mass is 329 g/mol. The number of nitrogens with zero attached hydrogens (tertiary/aromatic N) is 1. The van der Waals surface area contributed by atoms with Crippen LogP contribution in [0.15, 0.2) is 18.2 Å². The van der Waals surface area contributed by atoms with Gasteiger partial charge in [-0.1, -0.05) is 27.5 Å². The first kappa shape index (κ1) is 13.9. The van der Waals surface area contributed by atoms with Crippen LogP contribution in [0, 0.1) is 12.8 Å². The lowest BCUT2D eigenvalue weighted by molar-refractivity contribution is 0.0698. The Hall–Kier alpha value is -0.540. The summed E-state index contributed by atoms with van der Waals surface area (Å²) in [7, 11) is 0. The summed E-state index contributed by atoms with van der Waals surface area (Å²) in [6.07, 6.45) is 2.17. The van der Waals surface area contributed by atoms with Crippen LogP contribution in [0.3, 0.4) is 0 Å². The Morgan fingerprint density at radius 3 is 2.67 bits per heavy atom. The van der Waals surface area contributed by atoms with Crippen LogP contribution >= 0.6 is 27.5 Å². The highest BCUT2D eigenvalue weighted by Gasteiger charge is 2.23. The number of piperidine rings is 1. The number of carbonyl (C=O) groups is 1. The minimum atomic E-state index is 0.136. The predicted molar refractivity (Wildman–Crippen MR) is 78.6 cm³/mol. The molecule has 0 aromatic heterocycles. The van der Waals surface area contributed by atoms with Gasteiger partial charge >= 0.3 is 0 Å². The maximum atomic E-state index is 12.4. The molecule has 1 fully saturated rings. The second-order valence-electron chi connectivity index (χ2n) is 4.85. The number of aryl methyl sites for hydroxylation is 1. The highest BCUT2D eigenvalue weighted by atomic mass is 79.9. The van der Waals surface area contributed by atoms with Crippen LogP contribution in [0.2, 0.25) is 5.02 Å². The van der Waals surface area contributed by atoms with E-state index in [2.05, 4.69) is 15.9 Å². The van der Waals surface area contributed by atoms with E-state index < -0.39 is 0 Å². The summed E-state index contributed by atoms with van der Waals surface area (Å²) in [6.45, 7) is 3.65. The molecular formula is C14H17BrClNO. The van der Waals surface area contributed by atoms with E-state index in [0.717, 1.165) is 42.4 Å². The predicted octanol–water partition coefficient (Wildman–Crippen LogP) is 3.90. The Morgan fingerprint density at radius 1 is 1.44 bits per heavy atom. The van der Waals surface area contributed by atoms with Crippen LogP contribution in [-0.4, -0.2) is 29.2 Å². The number of hydrogen-bond donors (Lipinski definition) is 0. The average molecular weight is 331 g/mol. The van der Waals surface area contributed by atoms with Gasteiger partial charge in [0, 0.05) is 29.0 Å². The van der Waals surface area contributed by atoms with E-state index in [1.807, 2.05) is 24.0 Å². The van der Waals surface area contributed by atoms with Crippen molar-refractivity contribution in [3.63, 3.8) is 0 Å². The molecule has 18 heavy (non-hydrogen) atoms. The molecule has 1 aromatic carbocycles. The zero-order chi connectivity index (χ0) is 13.1. The van der Waals surface area contributed by atoms with Gasteiger partial charge in [-0.3, -0.25) is 4.79 Å². The lowest BCUT2D eigenvalue weighted by Gasteiger charge is -2.31. The number of amides is 1. The van der Waals surface area contributed by atoms with Gasteiger partial charge in [0.05, 0.1) is 0 Å². The molecule has 98 valence electrons. The van der Waals surface area contributed by atoms with Crippen molar-refractivity contribution in [1.29, 1.82) is 0 Å². The van der Waals surface area contributed by atoms with Gasteiger partial charge in [0.1, 0.15) is 0 Å². The Morgan fingerprint density at radius 2 is 2.11 bits per heavy atom. The highest BCUT2D eigenvalue weighted by Crippen LogP contribution is 2.22. The Kier molecular flexibility index (Phi) is 4.68. The fraction of sp³-hybridized carbons (Fsp3) is 0.500. The van der Waals surface area contributed by atoms with Crippen LogP contribution in [0.4, 0.5) is 0 Å². The molecule has 0 spiro atoms. The standard InChI is InChI=1S/C14H17BrClNO/c1-10-8-12(16)2-3-13(10)14(18)17-6-4-11(9-15)5-7-17/h2-3,8,11H,4-7,9H2,1H3. The topological polar surface area (TPSA) is 20.3 Å². The highest BCUT2D eigenvalue weighted by molar-refractivity contribution is 9.09. The van der Waals surface area contributed by atoms with Crippen LogP contribution in [0.5, 0.6) is 0 Å². The number of likely N-dealkylation sites (tertiary alicyclic amines) is 1. The van der Waals surface area contributed by atoms with E-state index in [-0.39, 0.29) is 5.91 Å². The first-order valence-electron chi connectivity index (χ1n) is 6.23. The first-order chi connectivity index (χ1) is 8.61. The Bertz CT molecular complexity index is 441. The van der Waals surface area contributed by atoms with Gasteiger partial charge in [-0.15, -0.1) is 0 Å². The van der Waals surface area contributed by atoms with E-state index in [1.54, 1.807) is 6.07 Å². The number of benzene rings is 1. The summed E-state index contributed by atoms with van der Waals surface area (Å²) in [5.41, 5.74) is 1.73. The summed E-state index contributed by atoms with van der Waals surface area (Å²) >= 11 is 9.43. The van der Waals surface area contributed by atoms with E-state index in [4.69, 9.17) is 11.6 Å². The first-order valence-corrected chi connectivity index (χ1v) is 7.73. The molecule has 1 aliphatic rings. The van der Waals surface area contributed by atoms with Crippen molar-refractivity contribution in [2.75, 3.05) is 18.4 Å². The molecule has 2 nitrogen and oxygen atoms in total. The molecule has 0 radical (unpaired) electrons. The molecule has 0 atom stereocenters. The average Bonchev–Trinajstić information content (AvgIpc) is 2.38. The molecule has 1 amide bonds. The summed E-state index contributed by atoms with van der Waals surface area (Å²) in [5, 5.41) is 1.72. The maximum absolute atomic E-state index is 12.4. The minimum absolute atomic E-state index is 0.136. The Labute approximate surface area is 121 Å². The zero-order valence-electron chi connectivity index (χ0n) is 10.5. The smallest absolute Gasteiger partial charge is 0.254 e. The third-order valence-electron chi connectivity index (χ3n) is 3.54. The van der Waals surface area contributed by atoms with Gasteiger partial charge in [0.25, 0.3) is 5.91 Å². The second-order valence-corrected chi connectivity index (χ2v) is 5.93. The molecule has 0 aliphatic carbocycles. The lowest BCUT2D eigenvalue weighted by atomic mass is 9.98. The second kappa shape index (κ2) is 6.07. The maximum Gasteiger partial charge on any atom is 0.254 e. The number of alkyl halides is 1. The van der Waals surface area contributed by atoms with Crippen molar-refractivity contribution in [2.45, 2.75) is 19.8 Å². The number of carbonyl (C=O) groups excluding carboxylic acids is 1. The summed E-state index contributed by atoms with van der Waals surface area (Å²) in [6, 6.07) is 5.46. The van der Waals surface area contributed by atoms with E-state index in [9.17, 15) is 4.79 Å². The SMILES string of the molecule is Cc1cc(Cl)ccc1C(=O)N1CCC(CBr)CC1. The van der Waals surface area contributed by atoms with Crippen LogP contribution in [0.25, 0.3) is 0 Å². The summed E-state index contributed by atoms with van der Waals surface area (Å²) in [4.78, 5) is 14.4. The van der Waals surface area contributed by atoms with Crippen molar-refractivity contribution in [2.24, 2.45) is 5.92 Å². The number of halogens is 2. The van der Waals surface area contributed by atoms with Crippen LogP contribution in [0.1, 0.15) is 28.8 Å². The van der Waals surface area contributed by atoms with Crippen molar-refractivity contribution < 1.29 is 4.79 Å². The van der Waals surface area contributed by atoms with Crippen molar-refractivity contribution in [3.8, 4) is 0 Å². The molecule has 0 N–H and O–H groups in total. The van der Waals surface area contributed by atoms with Crippen LogP contribution < -0.4 is 0 Å². The zero-order valence-corrected chi connectivity index (χ0v) is 12.8. The molecule has 1 aliphatic heterocycles. The van der Waals surface area contributed by atoms with Gasteiger partial charge in [0.2, 0.25) is 0 Å². The van der Waals surface area contributed by atoms with E-state index >= 15 is 0 Å².